The van der Waals surface area contributed by atoms with E-state index in [0.717, 1.165) is 5.56 Å². The molecule has 0 saturated carbocycles. The molecular formula is C17H16N4O2. The van der Waals surface area contributed by atoms with Crippen LogP contribution in [0.25, 0.3) is 6.08 Å². The molecule has 2 aromatic heterocycles. The van der Waals surface area contributed by atoms with Crippen LogP contribution in [0.2, 0.25) is 0 Å². The Labute approximate surface area is 133 Å². The Bertz CT molecular complexity index is 749. The van der Waals surface area contributed by atoms with Gasteiger partial charge in [-0.25, -0.2) is 0 Å². The van der Waals surface area contributed by atoms with Gasteiger partial charge in [0.25, 0.3) is 0 Å². The molecule has 0 bridgehead atoms. The monoisotopic (exact) mass is 308 g/mol. The van der Waals surface area contributed by atoms with Crippen molar-refractivity contribution >= 4 is 12.0 Å². The first-order valence-corrected chi connectivity index (χ1v) is 7.22. The average Bonchev–Trinajstić information content (AvgIpc) is 3.27. The number of rotatable bonds is 6. The van der Waals surface area contributed by atoms with Crippen molar-refractivity contribution in [1.82, 2.24) is 20.3 Å². The van der Waals surface area contributed by atoms with Crippen LogP contribution in [0.3, 0.4) is 0 Å². The number of amides is 1. The van der Waals surface area contributed by atoms with Crippen molar-refractivity contribution in [3.63, 3.8) is 0 Å². The summed E-state index contributed by atoms with van der Waals surface area (Å²) in [5, 5.41) is 11.2. The molecule has 3 aromatic rings. The molecule has 0 spiro atoms. The third kappa shape index (κ3) is 4.16. The molecule has 23 heavy (non-hydrogen) atoms. The van der Waals surface area contributed by atoms with E-state index in [0.29, 0.717) is 12.3 Å². The SMILES string of the molecule is O=C(/C=C/c1ccco1)NC(Cn1nccn1)c1ccccc1. The zero-order chi connectivity index (χ0) is 15.9. The third-order valence-electron chi connectivity index (χ3n) is 3.27. The van der Waals surface area contributed by atoms with Gasteiger partial charge >= 0.3 is 0 Å². The van der Waals surface area contributed by atoms with E-state index >= 15 is 0 Å². The van der Waals surface area contributed by atoms with Crippen LogP contribution in [0.15, 0.2) is 71.6 Å². The average molecular weight is 308 g/mol. The van der Waals surface area contributed by atoms with E-state index in [2.05, 4.69) is 15.5 Å². The summed E-state index contributed by atoms with van der Waals surface area (Å²) in [6, 6.07) is 13.1. The van der Waals surface area contributed by atoms with Crippen molar-refractivity contribution in [3.8, 4) is 0 Å². The van der Waals surface area contributed by atoms with Crippen LogP contribution in [0, 0.1) is 0 Å². The molecule has 1 unspecified atom stereocenters. The van der Waals surface area contributed by atoms with Gasteiger partial charge in [0.1, 0.15) is 5.76 Å². The maximum absolute atomic E-state index is 12.2. The fourth-order valence-corrected chi connectivity index (χ4v) is 2.18. The van der Waals surface area contributed by atoms with Crippen molar-refractivity contribution < 1.29 is 9.21 Å². The molecule has 0 aliphatic rings. The quantitative estimate of drug-likeness (QED) is 0.710. The van der Waals surface area contributed by atoms with Crippen LogP contribution in [0.1, 0.15) is 17.4 Å². The van der Waals surface area contributed by atoms with Crippen LogP contribution in [0.5, 0.6) is 0 Å². The fraction of sp³-hybridized carbons (Fsp3) is 0.118. The second-order valence-electron chi connectivity index (χ2n) is 4.90. The smallest absolute Gasteiger partial charge is 0.244 e. The van der Waals surface area contributed by atoms with Gasteiger partial charge in [-0.15, -0.1) is 0 Å². The summed E-state index contributed by atoms with van der Waals surface area (Å²) in [6.07, 6.45) is 7.87. The number of nitrogens with one attached hydrogen (secondary N) is 1. The van der Waals surface area contributed by atoms with E-state index in [1.54, 1.807) is 41.7 Å². The molecular weight excluding hydrogens is 292 g/mol. The van der Waals surface area contributed by atoms with Crippen molar-refractivity contribution in [1.29, 1.82) is 0 Å². The predicted molar refractivity (Wildman–Crippen MR) is 85.1 cm³/mol. The predicted octanol–water partition coefficient (Wildman–Crippen LogP) is 2.44. The van der Waals surface area contributed by atoms with Gasteiger partial charge in [-0.3, -0.25) is 4.79 Å². The van der Waals surface area contributed by atoms with Gasteiger partial charge in [-0.2, -0.15) is 15.0 Å². The zero-order valence-electron chi connectivity index (χ0n) is 12.4. The molecule has 0 aliphatic carbocycles. The van der Waals surface area contributed by atoms with Crippen LogP contribution in [-0.2, 0) is 11.3 Å². The zero-order valence-corrected chi connectivity index (χ0v) is 12.4. The molecule has 0 radical (unpaired) electrons. The highest BCUT2D eigenvalue weighted by atomic mass is 16.3. The maximum atomic E-state index is 12.2. The number of furan rings is 1. The van der Waals surface area contributed by atoms with Crippen LogP contribution < -0.4 is 5.32 Å². The number of benzene rings is 1. The maximum Gasteiger partial charge on any atom is 0.244 e. The summed E-state index contributed by atoms with van der Waals surface area (Å²) in [5.41, 5.74) is 0.990. The Balaban J connectivity index is 1.71. The Morgan fingerprint density at radius 2 is 1.96 bits per heavy atom. The molecule has 6 nitrogen and oxygen atoms in total. The number of aromatic nitrogens is 3. The number of hydrogen-bond donors (Lipinski definition) is 1. The Morgan fingerprint density at radius 1 is 1.17 bits per heavy atom. The lowest BCUT2D eigenvalue weighted by Gasteiger charge is -2.17. The normalized spacial score (nSPS) is 12.3. The van der Waals surface area contributed by atoms with Gasteiger partial charge in [-0.1, -0.05) is 30.3 Å². The Hall–Kier alpha value is -3.15. The van der Waals surface area contributed by atoms with Crippen LogP contribution >= 0.6 is 0 Å². The Kier molecular flexibility index (Phi) is 4.63. The number of carbonyl (C=O) groups excluding carboxylic acids is 1. The van der Waals surface area contributed by atoms with Gasteiger partial charge in [-0.05, 0) is 23.8 Å². The topological polar surface area (TPSA) is 73.0 Å². The van der Waals surface area contributed by atoms with Crippen LogP contribution in [-0.4, -0.2) is 20.9 Å². The Morgan fingerprint density at radius 3 is 2.65 bits per heavy atom. The first kappa shape index (κ1) is 14.8. The number of nitrogens with zero attached hydrogens (tertiary/aromatic N) is 3. The highest BCUT2D eigenvalue weighted by Crippen LogP contribution is 2.14. The molecule has 1 N–H and O–H groups in total. The van der Waals surface area contributed by atoms with E-state index in [4.69, 9.17) is 4.42 Å². The molecule has 1 atom stereocenters. The first-order chi connectivity index (χ1) is 11.3. The highest BCUT2D eigenvalue weighted by Gasteiger charge is 2.14. The lowest BCUT2D eigenvalue weighted by molar-refractivity contribution is -0.117. The minimum Gasteiger partial charge on any atom is -0.465 e. The van der Waals surface area contributed by atoms with E-state index in [9.17, 15) is 4.79 Å². The van der Waals surface area contributed by atoms with Gasteiger partial charge in [0.2, 0.25) is 5.91 Å². The molecule has 0 fully saturated rings. The van der Waals surface area contributed by atoms with E-state index < -0.39 is 0 Å². The van der Waals surface area contributed by atoms with Gasteiger partial charge in [0, 0.05) is 6.08 Å². The minimum absolute atomic E-state index is 0.206. The van der Waals surface area contributed by atoms with E-state index in [1.807, 2.05) is 30.3 Å². The van der Waals surface area contributed by atoms with Crippen molar-refractivity contribution in [2.75, 3.05) is 0 Å². The molecule has 0 aliphatic heterocycles. The van der Waals surface area contributed by atoms with Gasteiger partial charge in [0.05, 0.1) is 31.2 Å². The summed E-state index contributed by atoms with van der Waals surface area (Å²) in [7, 11) is 0. The molecule has 116 valence electrons. The molecule has 6 heteroatoms. The summed E-state index contributed by atoms with van der Waals surface area (Å²) in [4.78, 5) is 13.7. The largest absolute Gasteiger partial charge is 0.465 e. The number of carbonyl (C=O) groups is 1. The number of hydrogen-bond acceptors (Lipinski definition) is 4. The standard InChI is InChI=1S/C17H16N4O2/c22-17(9-8-15-7-4-12-23-15)20-16(13-21-18-10-11-19-21)14-5-2-1-3-6-14/h1-12,16H,13H2,(H,20,22)/b9-8+. The third-order valence-corrected chi connectivity index (χ3v) is 3.27. The second-order valence-corrected chi connectivity index (χ2v) is 4.90. The van der Waals surface area contributed by atoms with Crippen molar-refractivity contribution in [3.05, 3.63) is 78.5 Å². The summed E-state index contributed by atoms with van der Waals surface area (Å²) in [5.74, 6) is 0.424. The lowest BCUT2D eigenvalue weighted by Crippen LogP contribution is -2.30. The highest BCUT2D eigenvalue weighted by molar-refractivity contribution is 5.91. The summed E-state index contributed by atoms with van der Waals surface area (Å²) >= 11 is 0. The van der Waals surface area contributed by atoms with Gasteiger partial charge < -0.3 is 9.73 Å². The van der Waals surface area contributed by atoms with Crippen molar-refractivity contribution in [2.45, 2.75) is 12.6 Å². The van der Waals surface area contributed by atoms with Gasteiger partial charge in [0.15, 0.2) is 0 Å². The molecule has 0 saturated heterocycles. The molecule has 2 heterocycles. The second kappa shape index (κ2) is 7.22. The summed E-state index contributed by atoms with van der Waals surface area (Å²) < 4.78 is 5.17. The van der Waals surface area contributed by atoms with E-state index in [1.165, 1.54) is 6.08 Å². The fourth-order valence-electron chi connectivity index (χ4n) is 2.18. The minimum atomic E-state index is -0.225. The molecule has 1 aromatic carbocycles. The van der Waals surface area contributed by atoms with Crippen LogP contribution in [0.4, 0.5) is 0 Å². The molecule has 1 amide bonds. The lowest BCUT2D eigenvalue weighted by atomic mass is 10.1. The molecule has 3 rings (SSSR count). The van der Waals surface area contributed by atoms with Crippen molar-refractivity contribution in [2.24, 2.45) is 0 Å². The summed E-state index contributed by atoms with van der Waals surface area (Å²) in [6.45, 7) is 0.456. The first-order valence-electron chi connectivity index (χ1n) is 7.22. The van der Waals surface area contributed by atoms with E-state index in [-0.39, 0.29) is 11.9 Å².